The van der Waals surface area contributed by atoms with Crippen molar-refractivity contribution in [1.29, 1.82) is 0 Å². The fourth-order valence-corrected chi connectivity index (χ4v) is 5.67. The predicted octanol–water partition coefficient (Wildman–Crippen LogP) is 3.33. The lowest BCUT2D eigenvalue weighted by molar-refractivity contribution is -0.0950. The number of nitrogens with zero attached hydrogens (tertiary/aromatic N) is 6. The molecule has 2 aliphatic rings. The van der Waals surface area contributed by atoms with Gasteiger partial charge in [0.25, 0.3) is 5.91 Å². The van der Waals surface area contributed by atoms with E-state index in [9.17, 15) is 4.79 Å². The zero-order valence-electron chi connectivity index (χ0n) is 18.7. The first-order chi connectivity index (χ1) is 17.2. The molecule has 2 fully saturated rings. The number of hydrogen-bond acceptors (Lipinski definition) is 9. The maximum absolute atomic E-state index is 12.7. The molecule has 35 heavy (non-hydrogen) atoms. The Labute approximate surface area is 209 Å². The molecule has 5 heterocycles. The number of hydrogen-bond donors (Lipinski definition) is 2. The first-order valence-corrected chi connectivity index (χ1v) is 12.7. The van der Waals surface area contributed by atoms with Crippen molar-refractivity contribution >= 4 is 39.9 Å². The van der Waals surface area contributed by atoms with Gasteiger partial charge in [-0.2, -0.15) is 5.10 Å². The molecular formula is C22H23ClN8O3S. The number of carbonyl (C=O) groups excluding carboxylic acids is 1. The van der Waals surface area contributed by atoms with Crippen molar-refractivity contribution in [2.24, 2.45) is 0 Å². The SMILES string of the molecule is O=C(NC1CCCC(n2c(C3COCCO3)nc3cnc(-c4ncn[nH]4)cc32)C1)c1ncc(Cl)s1. The second-order valence-electron chi connectivity index (χ2n) is 8.63. The van der Waals surface area contributed by atoms with Crippen molar-refractivity contribution in [3.63, 3.8) is 0 Å². The van der Waals surface area contributed by atoms with Crippen LogP contribution in [0, 0.1) is 0 Å². The zero-order chi connectivity index (χ0) is 23.8. The Balaban J connectivity index is 1.34. The summed E-state index contributed by atoms with van der Waals surface area (Å²) in [4.78, 5) is 30.5. The van der Waals surface area contributed by atoms with Gasteiger partial charge in [-0.15, -0.1) is 0 Å². The van der Waals surface area contributed by atoms with E-state index in [1.165, 1.54) is 23.9 Å². The number of aromatic amines is 1. The van der Waals surface area contributed by atoms with Gasteiger partial charge >= 0.3 is 0 Å². The van der Waals surface area contributed by atoms with Gasteiger partial charge in [0.2, 0.25) is 0 Å². The highest BCUT2D eigenvalue weighted by Crippen LogP contribution is 2.36. The van der Waals surface area contributed by atoms with Crippen molar-refractivity contribution in [2.75, 3.05) is 19.8 Å². The fraction of sp³-hybridized carbons (Fsp3) is 0.455. The van der Waals surface area contributed by atoms with Crippen LogP contribution in [0.5, 0.6) is 0 Å². The molecule has 6 rings (SSSR count). The number of pyridine rings is 1. The Morgan fingerprint density at radius 1 is 1.23 bits per heavy atom. The van der Waals surface area contributed by atoms with Crippen LogP contribution in [0.1, 0.15) is 53.5 Å². The molecule has 1 saturated carbocycles. The van der Waals surface area contributed by atoms with Gasteiger partial charge in [0, 0.05) is 12.1 Å². The number of imidazole rings is 1. The van der Waals surface area contributed by atoms with Crippen LogP contribution in [0.2, 0.25) is 4.34 Å². The Kier molecular flexibility index (Phi) is 6.19. The average molecular weight is 515 g/mol. The standard InChI is InChI=1S/C22H23ClN8O3S/c23-18-9-25-22(35-18)21(32)28-12-2-1-3-13(6-12)31-16-7-14(19-26-11-27-30-19)24-8-15(16)29-20(31)17-10-33-4-5-34-17/h7-9,11-13,17H,1-6,10H2,(H,28,32)(H,26,27,30). The van der Waals surface area contributed by atoms with Crippen molar-refractivity contribution < 1.29 is 14.3 Å². The monoisotopic (exact) mass is 514 g/mol. The summed E-state index contributed by atoms with van der Waals surface area (Å²) in [6.07, 6.45) is 8.04. The van der Waals surface area contributed by atoms with Crippen LogP contribution in [0.3, 0.4) is 0 Å². The molecule has 1 amide bonds. The highest BCUT2D eigenvalue weighted by Gasteiger charge is 2.32. The summed E-state index contributed by atoms with van der Waals surface area (Å²) in [7, 11) is 0. The first kappa shape index (κ1) is 22.5. The van der Waals surface area contributed by atoms with Crippen LogP contribution >= 0.6 is 22.9 Å². The number of H-pyrrole nitrogens is 1. The van der Waals surface area contributed by atoms with Crippen LogP contribution in [-0.4, -0.2) is 66.5 Å². The fourth-order valence-electron chi connectivity index (χ4n) is 4.86. The van der Waals surface area contributed by atoms with Crippen molar-refractivity contribution in [3.05, 3.63) is 40.0 Å². The van der Waals surface area contributed by atoms with Gasteiger partial charge in [-0.25, -0.2) is 15.0 Å². The highest BCUT2D eigenvalue weighted by atomic mass is 35.5. The molecule has 0 bridgehead atoms. The summed E-state index contributed by atoms with van der Waals surface area (Å²) in [6.45, 7) is 1.55. The van der Waals surface area contributed by atoms with E-state index in [-0.39, 0.29) is 24.1 Å². The van der Waals surface area contributed by atoms with Gasteiger partial charge in [-0.05, 0) is 31.7 Å². The first-order valence-electron chi connectivity index (χ1n) is 11.5. The maximum atomic E-state index is 12.7. The molecular weight excluding hydrogens is 492 g/mol. The normalized spacial score (nSPS) is 22.9. The largest absolute Gasteiger partial charge is 0.376 e. The van der Waals surface area contributed by atoms with Gasteiger partial charge in [0.15, 0.2) is 10.8 Å². The van der Waals surface area contributed by atoms with E-state index >= 15 is 0 Å². The highest BCUT2D eigenvalue weighted by molar-refractivity contribution is 7.17. The van der Waals surface area contributed by atoms with E-state index in [0.717, 1.165) is 42.5 Å². The Hall–Kier alpha value is -2.93. The number of fused-ring (bicyclic) bond motifs is 1. The van der Waals surface area contributed by atoms with E-state index in [0.29, 0.717) is 40.7 Å². The number of rotatable bonds is 5. The average Bonchev–Trinajstić information content (AvgIpc) is 3.64. The Morgan fingerprint density at radius 2 is 2.17 bits per heavy atom. The van der Waals surface area contributed by atoms with E-state index in [1.807, 2.05) is 6.07 Å². The minimum Gasteiger partial charge on any atom is -0.376 e. The lowest BCUT2D eigenvalue weighted by atomic mass is 9.90. The van der Waals surface area contributed by atoms with Crippen molar-refractivity contribution in [1.82, 2.24) is 40.0 Å². The summed E-state index contributed by atoms with van der Waals surface area (Å²) < 4.78 is 14.5. The second-order valence-corrected chi connectivity index (χ2v) is 10.3. The number of thiazole rings is 1. The van der Waals surface area contributed by atoms with Crippen LogP contribution in [0.25, 0.3) is 22.6 Å². The number of carbonyl (C=O) groups is 1. The smallest absolute Gasteiger partial charge is 0.280 e. The zero-order valence-corrected chi connectivity index (χ0v) is 20.3. The summed E-state index contributed by atoms with van der Waals surface area (Å²) in [5.74, 6) is 1.22. The van der Waals surface area contributed by atoms with E-state index in [2.05, 4.69) is 35.0 Å². The maximum Gasteiger partial charge on any atom is 0.280 e. The predicted molar refractivity (Wildman–Crippen MR) is 128 cm³/mol. The molecule has 0 radical (unpaired) electrons. The van der Waals surface area contributed by atoms with Crippen LogP contribution in [-0.2, 0) is 9.47 Å². The molecule has 0 spiro atoms. The van der Waals surface area contributed by atoms with E-state index < -0.39 is 0 Å². The molecule has 1 saturated heterocycles. The van der Waals surface area contributed by atoms with Gasteiger partial charge in [0.1, 0.15) is 33.8 Å². The molecule has 182 valence electrons. The minimum absolute atomic E-state index is 0.00771. The summed E-state index contributed by atoms with van der Waals surface area (Å²) in [5, 5.41) is 10.3. The Morgan fingerprint density at radius 3 is 2.94 bits per heavy atom. The number of amides is 1. The molecule has 0 aromatic carbocycles. The van der Waals surface area contributed by atoms with Gasteiger partial charge in [-0.1, -0.05) is 22.9 Å². The number of aromatic nitrogens is 7. The molecule has 13 heteroatoms. The number of ether oxygens (including phenoxy) is 2. The van der Waals surface area contributed by atoms with E-state index in [4.69, 9.17) is 26.1 Å². The number of nitrogens with one attached hydrogen (secondary N) is 2. The topological polar surface area (TPSA) is 133 Å². The summed E-state index contributed by atoms with van der Waals surface area (Å²) >= 11 is 7.14. The van der Waals surface area contributed by atoms with Crippen LogP contribution < -0.4 is 5.32 Å². The lowest BCUT2D eigenvalue weighted by Crippen LogP contribution is -2.39. The van der Waals surface area contributed by atoms with Crippen molar-refractivity contribution in [2.45, 2.75) is 43.9 Å². The lowest BCUT2D eigenvalue weighted by Gasteiger charge is -2.33. The van der Waals surface area contributed by atoms with Gasteiger partial charge in [-0.3, -0.25) is 14.9 Å². The number of halogens is 1. The van der Waals surface area contributed by atoms with Crippen molar-refractivity contribution in [3.8, 4) is 11.5 Å². The Bertz CT molecular complexity index is 1330. The molecule has 1 aliphatic heterocycles. The molecule has 3 unspecified atom stereocenters. The third kappa shape index (κ3) is 4.54. The molecule has 4 aromatic rings. The van der Waals surface area contributed by atoms with Gasteiger partial charge < -0.3 is 19.4 Å². The molecule has 1 aliphatic carbocycles. The third-order valence-electron chi connectivity index (χ3n) is 6.38. The van der Waals surface area contributed by atoms with Crippen LogP contribution in [0.15, 0.2) is 24.8 Å². The van der Waals surface area contributed by atoms with Crippen LogP contribution in [0.4, 0.5) is 0 Å². The molecule has 2 N–H and O–H groups in total. The van der Waals surface area contributed by atoms with E-state index in [1.54, 1.807) is 6.20 Å². The second kappa shape index (κ2) is 9.61. The minimum atomic E-state index is -0.266. The molecule has 4 aromatic heterocycles. The third-order valence-corrected chi connectivity index (χ3v) is 7.50. The quantitative estimate of drug-likeness (QED) is 0.414. The van der Waals surface area contributed by atoms with Gasteiger partial charge in [0.05, 0.1) is 37.7 Å². The molecule has 3 atom stereocenters. The summed E-state index contributed by atoms with van der Waals surface area (Å²) in [5.41, 5.74) is 2.41. The summed E-state index contributed by atoms with van der Waals surface area (Å²) in [6, 6.07) is 2.10. The molecule has 11 nitrogen and oxygen atoms in total.